The molecule has 0 aliphatic heterocycles. The standard InChI is InChI=1S/C9H7BrN2O/c1-5-9(13)12-8-6(10)3-2-4-7(8)11-5/h2-4H,1H3,(H,12,13). The normalized spacial score (nSPS) is 10.6. The van der Waals surface area contributed by atoms with Gasteiger partial charge in [-0.3, -0.25) is 4.79 Å². The molecule has 13 heavy (non-hydrogen) atoms. The van der Waals surface area contributed by atoms with Crippen molar-refractivity contribution < 1.29 is 0 Å². The van der Waals surface area contributed by atoms with Gasteiger partial charge in [-0.05, 0) is 35.0 Å². The van der Waals surface area contributed by atoms with Crippen LogP contribution in [-0.4, -0.2) is 9.97 Å². The van der Waals surface area contributed by atoms with Crippen molar-refractivity contribution in [2.45, 2.75) is 6.92 Å². The second-order valence-corrected chi connectivity index (χ2v) is 3.64. The highest BCUT2D eigenvalue weighted by Crippen LogP contribution is 2.18. The van der Waals surface area contributed by atoms with Gasteiger partial charge in [0.1, 0.15) is 5.69 Å². The minimum Gasteiger partial charge on any atom is -0.318 e. The number of hydrogen-bond acceptors (Lipinski definition) is 2. The lowest BCUT2D eigenvalue weighted by atomic mass is 10.3. The third-order valence-corrected chi connectivity index (χ3v) is 2.51. The van der Waals surface area contributed by atoms with Crippen molar-refractivity contribution in [2.24, 2.45) is 0 Å². The van der Waals surface area contributed by atoms with Gasteiger partial charge in [-0.25, -0.2) is 4.98 Å². The highest BCUT2D eigenvalue weighted by molar-refractivity contribution is 9.10. The van der Waals surface area contributed by atoms with Crippen LogP contribution in [0, 0.1) is 6.92 Å². The monoisotopic (exact) mass is 238 g/mol. The summed E-state index contributed by atoms with van der Waals surface area (Å²) in [5.41, 5.74) is 1.90. The van der Waals surface area contributed by atoms with E-state index in [1.807, 2.05) is 18.2 Å². The molecule has 0 saturated heterocycles. The molecule has 0 amide bonds. The summed E-state index contributed by atoms with van der Waals surface area (Å²) in [4.78, 5) is 18.2. The zero-order chi connectivity index (χ0) is 9.42. The Balaban J connectivity index is 2.97. The van der Waals surface area contributed by atoms with E-state index in [9.17, 15) is 4.79 Å². The molecule has 2 rings (SSSR count). The summed E-state index contributed by atoms with van der Waals surface area (Å²) in [5, 5.41) is 0. The molecule has 1 aromatic carbocycles. The molecule has 1 N–H and O–H groups in total. The predicted octanol–water partition coefficient (Wildman–Crippen LogP) is 1.99. The average molecular weight is 239 g/mol. The van der Waals surface area contributed by atoms with E-state index in [-0.39, 0.29) is 5.56 Å². The van der Waals surface area contributed by atoms with Crippen LogP contribution >= 0.6 is 15.9 Å². The lowest BCUT2D eigenvalue weighted by molar-refractivity contribution is 1.12. The van der Waals surface area contributed by atoms with Crippen LogP contribution in [0.15, 0.2) is 27.5 Å². The summed E-state index contributed by atoms with van der Waals surface area (Å²) in [5.74, 6) is 0. The fraction of sp³-hybridized carbons (Fsp3) is 0.111. The number of H-pyrrole nitrogens is 1. The Morgan fingerprint density at radius 1 is 1.46 bits per heavy atom. The predicted molar refractivity (Wildman–Crippen MR) is 54.8 cm³/mol. The number of aryl methyl sites for hydroxylation is 1. The molecular formula is C9H7BrN2O. The summed E-state index contributed by atoms with van der Waals surface area (Å²) in [6, 6.07) is 5.62. The Hall–Kier alpha value is -1.16. The molecule has 0 radical (unpaired) electrons. The molecule has 0 atom stereocenters. The van der Waals surface area contributed by atoms with Gasteiger partial charge < -0.3 is 4.98 Å². The van der Waals surface area contributed by atoms with Crippen LogP contribution in [-0.2, 0) is 0 Å². The highest BCUT2D eigenvalue weighted by Gasteiger charge is 2.01. The lowest BCUT2D eigenvalue weighted by Gasteiger charge is -1.99. The van der Waals surface area contributed by atoms with Crippen LogP contribution in [0.2, 0.25) is 0 Å². The number of nitrogens with one attached hydrogen (secondary N) is 1. The fourth-order valence-corrected chi connectivity index (χ4v) is 1.62. The Morgan fingerprint density at radius 2 is 2.23 bits per heavy atom. The van der Waals surface area contributed by atoms with E-state index < -0.39 is 0 Å². The molecule has 0 aliphatic rings. The van der Waals surface area contributed by atoms with Gasteiger partial charge in [0.2, 0.25) is 0 Å². The maximum absolute atomic E-state index is 11.2. The molecule has 3 nitrogen and oxygen atoms in total. The first-order valence-corrected chi connectivity index (χ1v) is 4.63. The van der Waals surface area contributed by atoms with E-state index in [0.29, 0.717) is 5.69 Å². The molecule has 4 heteroatoms. The van der Waals surface area contributed by atoms with Gasteiger partial charge >= 0.3 is 0 Å². The highest BCUT2D eigenvalue weighted by atomic mass is 79.9. The first-order valence-electron chi connectivity index (χ1n) is 3.83. The number of aromatic nitrogens is 2. The van der Waals surface area contributed by atoms with Gasteiger partial charge in [0.25, 0.3) is 5.56 Å². The third-order valence-electron chi connectivity index (χ3n) is 1.85. The molecule has 0 aliphatic carbocycles. The van der Waals surface area contributed by atoms with Crippen molar-refractivity contribution in [1.82, 2.24) is 9.97 Å². The Kier molecular flexibility index (Phi) is 1.92. The summed E-state index contributed by atoms with van der Waals surface area (Å²) in [6.07, 6.45) is 0. The molecule has 0 unspecified atom stereocenters. The maximum atomic E-state index is 11.2. The molecule has 1 heterocycles. The lowest BCUT2D eigenvalue weighted by Crippen LogP contribution is -2.11. The zero-order valence-corrected chi connectivity index (χ0v) is 8.55. The van der Waals surface area contributed by atoms with E-state index in [0.717, 1.165) is 15.5 Å². The quantitative estimate of drug-likeness (QED) is 0.764. The Bertz CT molecular complexity index is 518. The summed E-state index contributed by atoms with van der Waals surface area (Å²) in [6.45, 7) is 1.69. The molecule has 66 valence electrons. The smallest absolute Gasteiger partial charge is 0.269 e. The third kappa shape index (κ3) is 1.37. The first kappa shape index (κ1) is 8.44. The van der Waals surface area contributed by atoms with Gasteiger partial charge in [-0.2, -0.15) is 0 Å². The minimum atomic E-state index is -0.139. The molecule has 0 saturated carbocycles. The van der Waals surface area contributed by atoms with Crippen LogP contribution in [0.3, 0.4) is 0 Å². The number of hydrogen-bond donors (Lipinski definition) is 1. The van der Waals surface area contributed by atoms with E-state index in [4.69, 9.17) is 0 Å². The summed E-state index contributed by atoms with van der Waals surface area (Å²) < 4.78 is 0.856. The topological polar surface area (TPSA) is 45.8 Å². The first-order chi connectivity index (χ1) is 6.18. The largest absolute Gasteiger partial charge is 0.318 e. The second-order valence-electron chi connectivity index (χ2n) is 2.79. The molecule has 2 aromatic rings. The molecular weight excluding hydrogens is 232 g/mol. The number of rotatable bonds is 0. The zero-order valence-electron chi connectivity index (χ0n) is 6.97. The maximum Gasteiger partial charge on any atom is 0.269 e. The van der Waals surface area contributed by atoms with Gasteiger partial charge in [0.05, 0.1) is 11.0 Å². The number of para-hydroxylation sites is 1. The average Bonchev–Trinajstić information content (AvgIpc) is 2.09. The minimum absolute atomic E-state index is 0.139. The number of nitrogens with zero attached hydrogens (tertiary/aromatic N) is 1. The van der Waals surface area contributed by atoms with Crippen molar-refractivity contribution in [3.05, 3.63) is 38.7 Å². The SMILES string of the molecule is Cc1nc2cccc(Br)c2[nH]c1=O. The van der Waals surface area contributed by atoms with E-state index in [2.05, 4.69) is 25.9 Å². The number of benzene rings is 1. The Morgan fingerprint density at radius 3 is 3.00 bits per heavy atom. The molecule has 0 bridgehead atoms. The summed E-state index contributed by atoms with van der Waals surface area (Å²) in [7, 11) is 0. The van der Waals surface area contributed by atoms with E-state index in [1.54, 1.807) is 6.92 Å². The number of halogens is 1. The van der Waals surface area contributed by atoms with Gasteiger partial charge in [0.15, 0.2) is 0 Å². The van der Waals surface area contributed by atoms with Crippen molar-refractivity contribution in [3.8, 4) is 0 Å². The number of aromatic amines is 1. The number of fused-ring (bicyclic) bond motifs is 1. The van der Waals surface area contributed by atoms with E-state index in [1.165, 1.54) is 0 Å². The molecule has 1 aromatic heterocycles. The van der Waals surface area contributed by atoms with Crippen LogP contribution < -0.4 is 5.56 Å². The Labute approximate surface area is 82.9 Å². The van der Waals surface area contributed by atoms with Gasteiger partial charge in [-0.15, -0.1) is 0 Å². The van der Waals surface area contributed by atoms with Crippen LogP contribution in [0.4, 0.5) is 0 Å². The van der Waals surface area contributed by atoms with Crippen molar-refractivity contribution in [2.75, 3.05) is 0 Å². The van der Waals surface area contributed by atoms with Crippen molar-refractivity contribution >= 4 is 27.0 Å². The van der Waals surface area contributed by atoms with E-state index >= 15 is 0 Å². The molecule has 0 spiro atoms. The van der Waals surface area contributed by atoms with Crippen LogP contribution in [0.1, 0.15) is 5.69 Å². The van der Waals surface area contributed by atoms with Crippen molar-refractivity contribution in [3.63, 3.8) is 0 Å². The fourth-order valence-electron chi connectivity index (χ4n) is 1.17. The van der Waals surface area contributed by atoms with Gasteiger partial charge in [0, 0.05) is 4.47 Å². The van der Waals surface area contributed by atoms with Crippen molar-refractivity contribution in [1.29, 1.82) is 0 Å². The van der Waals surface area contributed by atoms with Crippen LogP contribution in [0.25, 0.3) is 11.0 Å². The van der Waals surface area contributed by atoms with Gasteiger partial charge in [-0.1, -0.05) is 6.07 Å². The van der Waals surface area contributed by atoms with Crippen LogP contribution in [0.5, 0.6) is 0 Å². The summed E-state index contributed by atoms with van der Waals surface area (Å²) >= 11 is 3.35. The second kappa shape index (κ2) is 2.96. The molecule has 0 fully saturated rings.